The van der Waals surface area contributed by atoms with Gasteiger partial charge in [0.2, 0.25) is 5.24 Å². The van der Waals surface area contributed by atoms with Crippen molar-refractivity contribution >= 4 is 22.8 Å². The van der Waals surface area contributed by atoms with Gasteiger partial charge in [-0.1, -0.05) is 0 Å². The first-order valence-electron chi connectivity index (χ1n) is 4.50. The molecule has 0 saturated heterocycles. The van der Waals surface area contributed by atoms with Gasteiger partial charge in [-0.05, 0) is 43.2 Å². The summed E-state index contributed by atoms with van der Waals surface area (Å²) in [7, 11) is 0. The van der Waals surface area contributed by atoms with Crippen LogP contribution in [0, 0.1) is 11.8 Å². The minimum Gasteiger partial charge on any atom is -0.481 e. The van der Waals surface area contributed by atoms with Crippen molar-refractivity contribution in [3.63, 3.8) is 0 Å². The van der Waals surface area contributed by atoms with Crippen LogP contribution in [0.1, 0.15) is 32.1 Å². The topological polar surface area (TPSA) is 54.4 Å². The number of carboxylic acids is 1. The molecule has 74 valence electrons. The quantitative estimate of drug-likeness (QED) is 0.716. The molecule has 0 aromatic carbocycles. The number of hydrogen-bond donors (Lipinski definition) is 1. The summed E-state index contributed by atoms with van der Waals surface area (Å²) in [6.07, 6.45) is 3.36. The second kappa shape index (κ2) is 4.61. The van der Waals surface area contributed by atoms with Gasteiger partial charge >= 0.3 is 5.97 Å². The van der Waals surface area contributed by atoms with Crippen molar-refractivity contribution in [1.29, 1.82) is 0 Å². The average Bonchev–Trinajstić information content (AvgIpc) is 2.04. The minimum absolute atomic E-state index is 0.0355. The van der Waals surface area contributed by atoms with E-state index in [1.165, 1.54) is 0 Å². The number of carboxylic acid groups (broad SMARTS) is 1. The lowest BCUT2D eigenvalue weighted by Gasteiger charge is -2.24. The third-order valence-electron chi connectivity index (χ3n) is 2.63. The molecule has 13 heavy (non-hydrogen) atoms. The molecule has 1 N–H and O–H groups in total. The van der Waals surface area contributed by atoms with E-state index in [0.717, 1.165) is 25.7 Å². The normalized spacial score (nSPS) is 28.4. The number of carbonyl (C=O) groups excluding carboxylic acids is 1. The highest BCUT2D eigenvalue weighted by molar-refractivity contribution is 6.63. The second-order valence-corrected chi connectivity index (χ2v) is 3.99. The number of aliphatic carboxylic acids is 1. The van der Waals surface area contributed by atoms with Gasteiger partial charge in [-0.2, -0.15) is 0 Å². The first kappa shape index (κ1) is 10.5. The van der Waals surface area contributed by atoms with Crippen LogP contribution in [0.15, 0.2) is 0 Å². The zero-order chi connectivity index (χ0) is 9.84. The van der Waals surface area contributed by atoms with Crippen molar-refractivity contribution < 1.29 is 14.7 Å². The molecular formula is C9H13ClO3. The molecule has 1 aliphatic carbocycles. The summed E-state index contributed by atoms with van der Waals surface area (Å²) in [5.41, 5.74) is 0. The number of rotatable bonds is 3. The minimum atomic E-state index is -0.749. The van der Waals surface area contributed by atoms with Crippen molar-refractivity contribution in [3.05, 3.63) is 0 Å². The molecule has 4 heteroatoms. The van der Waals surface area contributed by atoms with Crippen LogP contribution >= 0.6 is 11.6 Å². The highest BCUT2D eigenvalue weighted by atomic mass is 35.5. The van der Waals surface area contributed by atoms with E-state index in [2.05, 4.69) is 0 Å². The average molecular weight is 205 g/mol. The molecule has 0 spiro atoms. The first-order chi connectivity index (χ1) is 6.09. The maximum Gasteiger partial charge on any atom is 0.303 e. The Morgan fingerprint density at radius 1 is 1.23 bits per heavy atom. The molecule has 1 rings (SSSR count). The molecule has 0 aromatic heterocycles. The fourth-order valence-electron chi connectivity index (χ4n) is 1.84. The summed E-state index contributed by atoms with van der Waals surface area (Å²) in [5.74, 6) is -0.544. The third-order valence-corrected chi connectivity index (χ3v) is 2.94. The van der Waals surface area contributed by atoms with Gasteiger partial charge < -0.3 is 5.11 Å². The highest BCUT2D eigenvalue weighted by Gasteiger charge is 2.26. The van der Waals surface area contributed by atoms with E-state index >= 15 is 0 Å². The van der Waals surface area contributed by atoms with Crippen LogP contribution in [-0.4, -0.2) is 16.3 Å². The molecule has 0 heterocycles. The Labute approximate surface area is 82.1 Å². The Balaban J connectivity index is 2.30. The van der Waals surface area contributed by atoms with Crippen LogP contribution in [0.5, 0.6) is 0 Å². The number of carbonyl (C=O) groups is 2. The Kier molecular flexibility index (Phi) is 3.72. The Morgan fingerprint density at radius 3 is 2.15 bits per heavy atom. The third kappa shape index (κ3) is 3.35. The molecule has 1 fully saturated rings. The van der Waals surface area contributed by atoms with Crippen LogP contribution in [0.2, 0.25) is 0 Å². The van der Waals surface area contributed by atoms with E-state index in [9.17, 15) is 9.59 Å². The Bertz CT molecular complexity index is 207. The molecule has 1 aliphatic rings. The molecule has 0 aromatic rings. The van der Waals surface area contributed by atoms with Gasteiger partial charge in [-0.15, -0.1) is 0 Å². The summed E-state index contributed by atoms with van der Waals surface area (Å²) >= 11 is 5.35. The van der Waals surface area contributed by atoms with Gasteiger partial charge in [0.05, 0.1) is 0 Å². The van der Waals surface area contributed by atoms with Gasteiger partial charge in [0.15, 0.2) is 0 Å². The van der Waals surface area contributed by atoms with E-state index in [1.807, 2.05) is 0 Å². The van der Waals surface area contributed by atoms with Crippen LogP contribution in [0.25, 0.3) is 0 Å². The summed E-state index contributed by atoms with van der Waals surface area (Å²) in [6.45, 7) is 0. The Morgan fingerprint density at radius 2 is 1.77 bits per heavy atom. The smallest absolute Gasteiger partial charge is 0.303 e. The molecule has 0 atom stereocenters. The molecular weight excluding hydrogens is 192 g/mol. The molecule has 3 nitrogen and oxygen atoms in total. The van der Waals surface area contributed by atoms with E-state index in [1.54, 1.807) is 0 Å². The van der Waals surface area contributed by atoms with Gasteiger partial charge in [0, 0.05) is 12.3 Å². The van der Waals surface area contributed by atoms with E-state index in [0.29, 0.717) is 0 Å². The monoisotopic (exact) mass is 204 g/mol. The van der Waals surface area contributed by atoms with Crippen molar-refractivity contribution in [2.45, 2.75) is 32.1 Å². The van der Waals surface area contributed by atoms with E-state index < -0.39 is 5.97 Å². The standard InChI is InChI=1S/C9H13ClO3/c10-9(13)7-3-1-6(2-4-7)5-8(11)12/h6-7H,1-5H2,(H,11,12)/t6-,7-. The number of hydrogen-bond acceptors (Lipinski definition) is 2. The SMILES string of the molecule is O=C(O)C[C@H]1CC[C@H](C(=O)Cl)CC1. The van der Waals surface area contributed by atoms with E-state index in [-0.39, 0.29) is 23.5 Å². The van der Waals surface area contributed by atoms with Gasteiger partial charge in [0.1, 0.15) is 0 Å². The van der Waals surface area contributed by atoms with Crippen molar-refractivity contribution in [3.8, 4) is 0 Å². The summed E-state index contributed by atoms with van der Waals surface area (Å²) in [5, 5.41) is 8.28. The molecule has 0 bridgehead atoms. The van der Waals surface area contributed by atoms with Gasteiger partial charge in [-0.3, -0.25) is 9.59 Å². The lowest BCUT2D eigenvalue weighted by molar-refractivity contribution is -0.138. The molecule has 0 aliphatic heterocycles. The first-order valence-corrected chi connectivity index (χ1v) is 4.88. The maximum absolute atomic E-state index is 10.8. The molecule has 0 unspecified atom stereocenters. The largest absolute Gasteiger partial charge is 0.481 e. The van der Waals surface area contributed by atoms with Crippen LogP contribution in [-0.2, 0) is 9.59 Å². The summed E-state index contributed by atoms with van der Waals surface area (Å²) in [6, 6.07) is 0. The molecule has 1 saturated carbocycles. The lowest BCUT2D eigenvalue weighted by atomic mass is 9.81. The molecule has 0 amide bonds. The van der Waals surface area contributed by atoms with Crippen molar-refractivity contribution in [1.82, 2.24) is 0 Å². The fourth-order valence-corrected chi connectivity index (χ4v) is 2.06. The fraction of sp³-hybridized carbons (Fsp3) is 0.778. The van der Waals surface area contributed by atoms with Crippen LogP contribution < -0.4 is 0 Å². The van der Waals surface area contributed by atoms with E-state index in [4.69, 9.17) is 16.7 Å². The highest BCUT2D eigenvalue weighted by Crippen LogP contribution is 2.31. The summed E-state index contributed by atoms with van der Waals surface area (Å²) in [4.78, 5) is 21.2. The number of halogens is 1. The lowest BCUT2D eigenvalue weighted by Crippen LogP contribution is -2.20. The maximum atomic E-state index is 10.8. The van der Waals surface area contributed by atoms with Crippen LogP contribution in [0.4, 0.5) is 0 Å². The zero-order valence-corrected chi connectivity index (χ0v) is 8.09. The van der Waals surface area contributed by atoms with Gasteiger partial charge in [-0.25, -0.2) is 0 Å². The predicted molar refractivity (Wildman–Crippen MR) is 48.6 cm³/mol. The van der Waals surface area contributed by atoms with Gasteiger partial charge in [0.25, 0.3) is 0 Å². The predicted octanol–water partition coefficient (Wildman–Crippen LogP) is 2.03. The van der Waals surface area contributed by atoms with Crippen molar-refractivity contribution in [2.24, 2.45) is 11.8 Å². The zero-order valence-electron chi connectivity index (χ0n) is 7.33. The molecule has 0 radical (unpaired) electrons. The Hall–Kier alpha value is -0.570. The second-order valence-electron chi connectivity index (χ2n) is 3.62. The van der Waals surface area contributed by atoms with Crippen LogP contribution in [0.3, 0.4) is 0 Å². The summed E-state index contributed by atoms with van der Waals surface area (Å²) < 4.78 is 0. The van der Waals surface area contributed by atoms with Crippen molar-refractivity contribution in [2.75, 3.05) is 0 Å².